The monoisotopic (exact) mass is 274 g/mol. The molecule has 0 unspecified atom stereocenters. The Hall–Kier alpha value is -0.280. The Morgan fingerprint density at radius 2 is 2.29 bits per heavy atom. The lowest BCUT2D eigenvalue weighted by atomic mass is 9.82. The fraction of sp³-hybridized carbons (Fsp3) is 0.500. The summed E-state index contributed by atoms with van der Waals surface area (Å²) in [7, 11) is 0. The van der Waals surface area contributed by atoms with Crippen molar-refractivity contribution >= 4 is 33.3 Å². The van der Waals surface area contributed by atoms with Crippen LogP contribution in [0.2, 0.25) is 5.02 Å². The van der Waals surface area contributed by atoms with Gasteiger partial charge in [-0.15, -0.1) is 0 Å². The minimum absolute atomic E-state index is 0.552. The second kappa shape index (κ2) is 4.07. The molecular formula is C10H12BrClN2. The van der Waals surface area contributed by atoms with E-state index in [0.29, 0.717) is 11.1 Å². The lowest BCUT2D eigenvalue weighted by Crippen LogP contribution is -2.34. The highest BCUT2D eigenvalue weighted by Gasteiger charge is 2.25. The van der Waals surface area contributed by atoms with E-state index in [2.05, 4.69) is 33.2 Å². The highest BCUT2D eigenvalue weighted by Crippen LogP contribution is 2.31. The minimum Gasteiger partial charge on any atom is -0.366 e. The molecule has 76 valence electrons. The molecule has 4 heteroatoms. The van der Waals surface area contributed by atoms with Crippen LogP contribution >= 0.6 is 27.5 Å². The molecule has 0 amide bonds. The van der Waals surface area contributed by atoms with Crippen LogP contribution in [-0.4, -0.2) is 11.0 Å². The highest BCUT2D eigenvalue weighted by atomic mass is 79.9. The molecule has 1 aromatic heterocycles. The zero-order valence-electron chi connectivity index (χ0n) is 7.93. The van der Waals surface area contributed by atoms with E-state index in [0.717, 1.165) is 16.2 Å². The van der Waals surface area contributed by atoms with Crippen LogP contribution in [0.3, 0.4) is 0 Å². The number of rotatable bonds is 2. The van der Waals surface area contributed by atoms with Crippen molar-refractivity contribution in [3.63, 3.8) is 0 Å². The fourth-order valence-electron chi connectivity index (χ4n) is 1.73. The zero-order valence-corrected chi connectivity index (χ0v) is 10.3. The summed E-state index contributed by atoms with van der Waals surface area (Å²) in [5.41, 5.74) is 0. The number of nitrogens with zero attached hydrogens (tertiary/aromatic N) is 1. The van der Waals surface area contributed by atoms with E-state index in [-0.39, 0.29) is 0 Å². The standard InChI is InChI=1S/C10H12BrClN2/c1-6-2-8(3-6)14-10-9(12)4-7(11)5-13-10/h4-6,8H,2-3H2,1H3,(H,13,14). The van der Waals surface area contributed by atoms with Gasteiger partial charge in [0.2, 0.25) is 0 Å². The molecule has 1 aliphatic rings. The average Bonchev–Trinajstić information content (AvgIpc) is 2.06. The van der Waals surface area contributed by atoms with E-state index in [9.17, 15) is 0 Å². The Kier molecular flexibility index (Phi) is 2.98. The van der Waals surface area contributed by atoms with Crippen molar-refractivity contribution in [1.82, 2.24) is 4.98 Å². The lowest BCUT2D eigenvalue weighted by Gasteiger charge is -2.33. The number of aromatic nitrogens is 1. The number of hydrogen-bond acceptors (Lipinski definition) is 2. The smallest absolute Gasteiger partial charge is 0.145 e. The van der Waals surface area contributed by atoms with Gasteiger partial charge in [0, 0.05) is 16.7 Å². The van der Waals surface area contributed by atoms with E-state index in [4.69, 9.17) is 11.6 Å². The van der Waals surface area contributed by atoms with Gasteiger partial charge in [-0.2, -0.15) is 0 Å². The molecule has 1 N–H and O–H groups in total. The molecular weight excluding hydrogens is 263 g/mol. The highest BCUT2D eigenvalue weighted by molar-refractivity contribution is 9.10. The van der Waals surface area contributed by atoms with Crippen LogP contribution < -0.4 is 5.32 Å². The topological polar surface area (TPSA) is 24.9 Å². The first kappa shape index (κ1) is 10.2. The van der Waals surface area contributed by atoms with E-state index in [1.165, 1.54) is 12.8 Å². The number of hydrogen-bond donors (Lipinski definition) is 1. The SMILES string of the molecule is CC1CC(Nc2ncc(Br)cc2Cl)C1. The summed E-state index contributed by atoms with van der Waals surface area (Å²) >= 11 is 9.36. The van der Waals surface area contributed by atoms with Gasteiger partial charge in [-0.05, 0) is 40.8 Å². The molecule has 1 fully saturated rings. The van der Waals surface area contributed by atoms with Crippen molar-refractivity contribution in [3.05, 3.63) is 21.8 Å². The van der Waals surface area contributed by atoms with Crippen LogP contribution in [0.15, 0.2) is 16.7 Å². The Morgan fingerprint density at radius 1 is 1.57 bits per heavy atom. The first-order chi connectivity index (χ1) is 6.65. The van der Waals surface area contributed by atoms with Crippen molar-refractivity contribution in [2.75, 3.05) is 5.32 Å². The van der Waals surface area contributed by atoms with Crippen LogP contribution in [-0.2, 0) is 0 Å². The van der Waals surface area contributed by atoms with Crippen LogP contribution in [0.1, 0.15) is 19.8 Å². The Morgan fingerprint density at radius 3 is 2.86 bits per heavy atom. The largest absolute Gasteiger partial charge is 0.366 e. The maximum absolute atomic E-state index is 6.04. The number of pyridine rings is 1. The molecule has 14 heavy (non-hydrogen) atoms. The van der Waals surface area contributed by atoms with Gasteiger partial charge in [-0.3, -0.25) is 0 Å². The first-order valence-corrected chi connectivity index (χ1v) is 5.90. The Balaban J connectivity index is 2.02. The summed E-state index contributed by atoms with van der Waals surface area (Å²) in [6, 6.07) is 2.41. The summed E-state index contributed by atoms with van der Waals surface area (Å²) in [5, 5.41) is 4.02. The quantitative estimate of drug-likeness (QED) is 0.890. The van der Waals surface area contributed by atoms with Crippen molar-refractivity contribution in [1.29, 1.82) is 0 Å². The lowest BCUT2D eigenvalue weighted by molar-refractivity contribution is 0.308. The van der Waals surface area contributed by atoms with Crippen LogP contribution in [0.4, 0.5) is 5.82 Å². The minimum atomic E-state index is 0.552. The molecule has 0 radical (unpaired) electrons. The van der Waals surface area contributed by atoms with Gasteiger partial charge in [0.1, 0.15) is 5.82 Å². The Bertz CT molecular complexity index is 337. The number of halogens is 2. The van der Waals surface area contributed by atoms with E-state index in [1.807, 2.05) is 6.07 Å². The van der Waals surface area contributed by atoms with Gasteiger partial charge >= 0.3 is 0 Å². The van der Waals surface area contributed by atoms with E-state index >= 15 is 0 Å². The molecule has 1 aliphatic carbocycles. The molecule has 0 aromatic carbocycles. The summed E-state index contributed by atoms with van der Waals surface area (Å²) in [4.78, 5) is 4.23. The van der Waals surface area contributed by atoms with Crippen molar-refractivity contribution in [2.24, 2.45) is 5.92 Å². The maximum Gasteiger partial charge on any atom is 0.145 e. The average molecular weight is 276 g/mol. The van der Waals surface area contributed by atoms with Crippen molar-refractivity contribution in [3.8, 4) is 0 Å². The second-order valence-corrected chi connectivity index (χ2v) is 5.22. The van der Waals surface area contributed by atoms with Gasteiger partial charge < -0.3 is 5.32 Å². The van der Waals surface area contributed by atoms with Gasteiger partial charge in [-0.25, -0.2) is 4.98 Å². The van der Waals surface area contributed by atoms with Gasteiger partial charge in [-0.1, -0.05) is 18.5 Å². The summed E-state index contributed by atoms with van der Waals surface area (Å²) in [5.74, 6) is 1.63. The van der Waals surface area contributed by atoms with Crippen molar-refractivity contribution < 1.29 is 0 Å². The normalized spacial score (nSPS) is 25.6. The molecule has 1 saturated carbocycles. The summed E-state index contributed by atoms with van der Waals surface area (Å²) in [6.07, 6.45) is 4.19. The second-order valence-electron chi connectivity index (χ2n) is 3.90. The third-order valence-corrected chi connectivity index (χ3v) is 3.24. The number of nitrogens with one attached hydrogen (secondary N) is 1. The third-order valence-electron chi connectivity index (χ3n) is 2.52. The van der Waals surface area contributed by atoms with Crippen molar-refractivity contribution in [2.45, 2.75) is 25.8 Å². The first-order valence-electron chi connectivity index (χ1n) is 4.72. The summed E-state index contributed by atoms with van der Waals surface area (Å²) in [6.45, 7) is 2.26. The molecule has 0 aliphatic heterocycles. The number of anilines is 1. The van der Waals surface area contributed by atoms with E-state index < -0.39 is 0 Å². The molecule has 1 heterocycles. The maximum atomic E-state index is 6.04. The molecule has 0 saturated heterocycles. The van der Waals surface area contributed by atoms with Gasteiger partial charge in [0.15, 0.2) is 0 Å². The molecule has 0 spiro atoms. The van der Waals surface area contributed by atoms with Gasteiger partial charge in [0.05, 0.1) is 5.02 Å². The van der Waals surface area contributed by atoms with E-state index in [1.54, 1.807) is 6.20 Å². The summed E-state index contributed by atoms with van der Waals surface area (Å²) < 4.78 is 0.912. The van der Waals surface area contributed by atoms with Gasteiger partial charge in [0.25, 0.3) is 0 Å². The molecule has 0 atom stereocenters. The third kappa shape index (κ3) is 2.20. The fourth-order valence-corrected chi connectivity index (χ4v) is 2.42. The van der Waals surface area contributed by atoms with Crippen LogP contribution in [0.5, 0.6) is 0 Å². The van der Waals surface area contributed by atoms with Crippen LogP contribution in [0.25, 0.3) is 0 Å². The van der Waals surface area contributed by atoms with Crippen LogP contribution in [0, 0.1) is 5.92 Å². The zero-order chi connectivity index (χ0) is 10.1. The Labute approximate surface area is 97.2 Å². The molecule has 0 bridgehead atoms. The predicted octanol–water partition coefficient (Wildman–Crippen LogP) is 3.71. The molecule has 2 nitrogen and oxygen atoms in total. The molecule has 1 aromatic rings. The molecule has 2 rings (SSSR count). The predicted molar refractivity (Wildman–Crippen MR) is 62.8 cm³/mol.